The van der Waals surface area contributed by atoms with Crippen molar-refractivity contribution in [1.29, 1.82) is 0 Å². The van der Waals surface area contributed by atoms with Crippen molar-refractivity contribution >= 4 is 39.6 Å². The van der Waals surface area contributed by atoms with Gasteiger partial charge in [0, 0.05) is 20.9 Å². The molecule has 0 unspecified atom stereocenters. The molecule has 2 aromatic heterocycles. The molecule has 2 heterocycles. The molecule has 0 atom stereocenters. The summed E-state index contributed by atoms with van der Waals surface area (Å²) in [6.07, 6.45) is 0. The summed E-state index contributed by atoms with van der Waals surface area (Å²) in [5.41, 5.74) is 1.57. The number of aryl methyl sites for hydroxylation is 1. The van der Waals surface area contributed by atoms with Crippen LogP contribution in [0.1, 0.15) is 32.5 Å². The Labute approximate surface area is 177 Å². The van der Waals surface area contributed by atoms with Gasteiger partial charge < -0.3 is 19.5 Å². The van der Waals surface area contributed by atoms with E-state index in [4.69, 9.17) is 14.2 Å². The maximum Gasteiger partial charge on any atom is 0.341 e. The fourth-order valence-corrected chi connectivity index (χ4v) is 4.85. The maximum absolute atomic E-state index is 12.9. The lowest BCUT2D eigenvalue weighted by atomic mass is 10.1. The Morgan fingerprint density at radius 1 is 1.10 bits per heavy atom. The van der Waals surface area contributed by atoms with Crippen LogP contribution in [0.25, 0.3) is 10.4 Å². The van der Waals surface area contributed by atoms with Crippen LogP contribution in [-0.4, -0.2) is 32.7 Å². The highest BCUT2D eigenvalue weighted by Gasteiger charge is 2.26. The van der Waals surface area contributed by atoms with E-state index < -0.39 is 5.97 Å². The van der Waals surface area contributed by atoms with Crippen molar-refractivity contribution in [2.75, 3.05) is 26.1 Å². The van der Waals surface area contributed by atoms with Gasteiger partial charge in [-0.25, -0.2) is 4.79 Å². The Kier molecular flexibility index (Phi) is 6.56. The number of hydrogen-bond donors (Lipinski definition) is 1. The minimum Gasteiger partial charge on any atom is -0.493 e. The van der Waals surface area contributed by atoms with Gasteiger partial charge in [-0.2, -0.15) is 0 Å². The number of hydrogen-bond acceptors (Lipinski definition) is 7. The van der Waals surface area contributed by atoms with Crippen molar-refractivity contribution in [3.8, 4) is 21.9 Å². The second kappa shape index (κ2) is 9.11. The topological polar surface area (TPSA) is 73.9 Å². The van der Waals surface area contributed by atoms with Crippen LogP contribution in [0.15, 0.2) is 35.7 Å². The van der Waals surface area contributed by atoms with Crippen LogP contribution < -0.4 is 14.8 Å². The smallest absolute Gasteiger partial charge is 0.341 e. The molecular formula is C21H21NO5S2. The molecule has 0 aliphatic heterocycles. The summed E-state index contributed by atoms with van der Waals surface area (Å²) in [6, 6.07) is 8.77. The number of ether oxygens (including phenoxy) is 3. The van der Waals surface area contributed by atoms with Crippen molar-refractivity contribution in [1.82, 2.24) is 0 Å². The second-order valence-electron chi connectivity index (χ2n) is 5.96. The lowest BCUT2D eigenvalue weighted by molar-refractivity contribution is 0.0529. The largest absolute Gasteiger partial charge is 0.493 e. The number of carbonyl (C=O) groups is 2. The molecule has 6 nitrogen and oxygen atoms in total. The molecule has 0 bridgehead atoms. The predicted octanol–water partition coefficient (Wildman–Crippen LogP) is 5.23. The number of anilines is 1. The van der Waals surface area contributed by atoms with Gasteiger partial charge in [-0.1, -0.05) is 6.07 Å². The molecule has 1 aromatic carbocycles. The fraction of sp³-hybridized carbons (Fsp3) is 0.238. The van der Waals surface area contributed by atoms with E-state index in [1.165, 1.54) is 36.9 Å². The molecule has 152 valence electrons. The molecule has 3 rings (SSSR count). The van der Waals surface area contributed by atoms with Crippen molar-refractivity contribution in [3.63, 3.8) is 0 Å². The highest BCUT2D eigenvalue weighted by Crippen LogP contribution is 2.42. The monoisotopic (exact) mass is 431 g/mol. The van der Waals surface area contributed by atoms with E-state index in [-0.39, 0.29) is 12.5 Å². The van der Waals surface area contributed by atoms with Gasteiger partial charge in [0.15, 0.2) is 11.5 Å². The molecule has 0 aliphatic carbocycles. The Bertz CT molecular complexity index is 1020. The number of amides is 1. The third-order valence-electron chi connectivity index (χ3n) is 4.20. The van der Waals surface area contributed by atoms with Crippen LogP contribution in [0, 0.1) is 6.92 Å². The van der Waals surface area contributed by atoms with Crippen LogP contribution in [-0.2, 0) is 4.74 Å². The summed E-state index contributed by atoms with van der Waals surface area (Å²) in [5.74, 6) is 0.175. The lowest BCUT2D eigenvalue weighted by Gasteiger charge is -2.11. The molecule has 0 radical (unpaired) electrons. The summed E-state index contributed by atoms with van der Waals surface area (Å²) in [4.78, 5) is 27.5. The normalized spacial score (nSPS) is 10.5. The van der Waals surface area contributed by atoms with Crippen LogP contribution in [0.2, 0.25) is 0 Å². The van der Waals surface area contributed by atoms with E-state index in [9.17, 15) is 9.59 Å². The lowest BCUT2D eigenvalue weighted by Crippen LogP contribution is -2.15. The molecule has 3 aromatic rings. The fourth-order valence-electron chi connectivity index (χ4n) is 2.90. The van der Waals surface area contributed by atoms with Crippen LogP contribution in [0.5, 0.6) is 11.5 Å². The molecule has 29 heavy (non-hydrogen) atoms. The zero-order chi connectivity index (χ0) is 21.0. The molecule has 0 saturated heterocycles. The van der Waals surface area contributed by atoms with E-state index in [2.05, 4.69) is 5.32 Å². The second-order valence-corrected chi connectivity index (χ2v) is 8.13. The SMILES string of the molecule is CCOC(=O)c1c(NC(=O)c2ccc(OC)c(OC)c2)sc(C)c1-c1cccs1. The molecule has 8 heteroatoms. The molecule has 1 N–H and O–H groups in total. The average Bonchev–Trinajstić information content (AvgIpc) is 3.34. The molecule has 0 spiro atoms. The van der Waals surface area contributed by atoms with Crippen LogP contribution >= 0.6 is 22.7 Å². The summed E-state index contributed by atoms with van der Waals surface area (Å²) in [7, 11) is 3.04. The third kappa shape index (κ3) is 4.28. The highest BCUT2D eigenvalue weighted by atomic mass is 32.1. The minimum absolute atomic E-state index is 0.251. The van der Waals surface area contributed by atoms with Crippen molar-refractivity contribution < 1.29 is 23.8 Å². The first-order chi connectivity index (χ1) is 14.0. The third-order valence-corrected chi connectivity index (χ3v) is 6.11. The Balaban J connectivity index is 2.00. The van der Waals surface area contributed by atoms with Crippen molar-refractivity contribution in [3.05, 3.63) is 51.7 Å². The van der Waals surface area contributed by atoms with Gasteiger partial charge in [-0.3, -0.25) is 4.79 Å². The number of methoxy groups -OCH3 is 2. The molecule has 0 saturated carbocycles. The number of esters is 1. The van der Waals surface area contributed by atoms with Gasteiger partial charge in [0.25, 0.3) is 5.91 Å². The van der Waals surface area contributed by atoms with Gasteiger partial charge in [-0.05, 0) is 43.5 Å². The molecule has 1 amide bonds. The number of nitrogens with one attached hydrogen (secondary N) is 1. The minimum atomic E-state index is -0.456. The first-order valence-electron chi connectivity index (χ1n) is 8.87. The van der Waals surface area contributed by atoms with Gasteiger partial charge in [0.05, 0.1) is 20.8 Å². The quantitative estimate of drug-likeness (QED) is 0.519. The first-order valence-corrected chi connectivity index (χ1v) is 10.6. The van der Waals surface area contributed by atoms with Crippen LogP contribution in [0.3, 0.4) is 0 Å². The van der Waals surface area contributed by atoms with E-state index >= 15 is 0 Å². The average molecular weight is 432 g/mol. The highest BCUT2D eigenvalue weighted by molar-refractivity contribution is 7.18. The Morgan fingerprint density at radius 2 is 1.86 bits per heavy atom. The van der Waals surface area contributed by atoms with E-state index in [0.29, 0.717) is 27.6 Å². The van der Waals surface area contributed by atoms with Crippen LogP contribution in [0.4, 0.5) is 5.00 Å². The Hall–Kier alpha value is -2.84. The van der Waals surface area contributed by atoms with Gasteiger partial charge in [-0.15, -0.1) is 22.7 Å². The van der Waals surface area contributed by atoms with E-state index in [1.54, 1.807) is 25.1 Å². The summed E-state index contributed by atoms with van der Waals surface area (Å²) in [5, 5.41) is 5.27. The number of benzene rings is 1. The summed E-state index contributed by atoms with van der Waals surface area (Å²) >= 11 is 2.89. The molecular weight excluding hydrogens is 410 g/mol. The zero-order valence-corrected chi connectivity index (χ0v) is 18.2. The van der Waals surface area contributed by atoms with E-state index in [0.717, 1.165) is 15.3 Å². The van der Waals surface area contributed by atoms with Gasteiger partial charge in [0.2, 0.25) is 0 Å². The number of carbonyl (C=O) groups excluding carboxylic acids is 2. The van der Waals surface area contributed by atoms with Crippen molar-refractivity contribution in [2.24, 2.45) is 0 Å². The number of rotatable bonds is 7. The first kappa shape index (κ1) is 20.9. The standard InChI is InChI=1S/C21H21NO5S2/c1-5-27-21(24)18-17(16-7-6-10-28-16)12(2)29-20(18)22-19(23)13-8-9-14(25-3)15(11-13)26-4/h6-11H,5H2,1-4H3,(H,22,23). The predicted molar refractivity (Wildman–Crippen MR) is 116 cm³/mol. The Morgan fingerprint density at radius 3 is 2.48 bits per heavy atom. The van der Waals surface area contributed by atoms with Gasteiger partial charge in [0.1, 0.15) is 10.6 Å². The molecule has 0 aliphatic rings. The maximum atomic E-state index is 12.9. The van der Waals surface area contributed by atoms with Crippen molar-refractivity contribution in [2.45, 2.75) is 13.8 Å². The molecule has 0 fully saturated rings. The summed E-state index contributed by atoms with van der Waals surface area (Å²) in [6.45, 7) is 3.93. The van der Waals surface area contributed by atoms with Gasteiger partial charge >= 0.3 is 5.97 Å². The van der Waals surface area contributed by atoms with E-state index in [1.807, 2.05) is 24.4 Å². The number of thiophene rings is 2. The zero-order valence-electron chi connectivity index (χ0n) is 16.5. The summed E-state index contributed by atoms with van der Waals surface area (Å²) < 4.78 is 15.7.